The van der Waals surface area contributed by atoms with Gasteiger partial charge in [0.15, 0.2) is 0 Å². The third-order valence-electron chi connectivity index (χ3n) is 3.43. The molecule has 1 aromatic carbocycles. The van der Waals surface area contributed by atoms with Crippen LogP contribution in [0.25, 0.3) is 0 Å². The van der Waals surface area contributed by atoms with Crippen LogP contribution in [0.5, 0.6) is 0 Å². The fourth-order valence-electron chi connectivity index (χ4n) is 2.08. The van der Waals surface area contributed by atoms with E-state index < -0.39 is 30.1 Å². The minimum absolute atomic E-state index is 0.205. The number of carboxylic acids is 1. The summed E-state index contributed by atoms with van der Waals surface area (Å²) in [6.07, 6.45) is -0.957. The molecule has 0 fully saturated rings. The lowest BCUT2D eigenvalue weighted by molar-refractivity contribution is -0.155. The zero-order valence-corrected chi connectivity index (χ0v) is 15.0. The Morgan fingerprint density at radius 1 is 1.42 bits per heavy atom. The van der Waals surface area contributed by atoms with Crippen LogP contribution in [-0.2, 0) is 14.3 Å². The van der Waals surface area contributed by atoms with Crippen LogP contribution in [0.3, 0.4) is 0 Å². The average molecular weight is 358 g/mol. The smallest absolute Gasteiger partial charge is 0.328 e. The number of carboxylic acid groups (broad SMARTS) is 1. The molecule has 24 heavy (non-hydrogen) atoms. The van der Waals surface area contributed by atoms with E-state index in [1.165, 1.54) is 0 Å². The summed E-state index contributed by atoms with van der Waals surface area (Å²) in [5, 5.41) is 12.5. The molecule has 0 aliphatic rings. The van der Waals surface area contributed by atoms with Crippen LogP contribution in [0.1, 0.15) is 12.5 Å². The first-order chi connectivity index (χ1) is 11.1. The summed E-state index contributed by atoms with van der Waals surface area (Å²) in [4.78, 5) is 25.1. The monoisotopic (exact) mass is 357 g/mol. The highest BCUT2D eigenvalue weighted by molar-refractivity contribution is 6.33. The molecule has 3 atom stereocenters. The number of esters is 1. The lowest BCUT2D eigenvalue weighted by Gasteiger charge is -2.26. The minimum atomic E-state index is -1.30. The molecule has 8 heteroatoms. The number of aliphatic carboxylic acids is 1. The molecule has 0 saturated heterocycles. The van der Waals surface area contributed by atoms with Crippen molar-refractivity contribution >= 4 is 29.2 Å². The van der Waals surface area contributed by atoms with Crippen molar-refractivity contribution in [3.8, 4) is 0 Å². The Balaban J connectivity index is 2.81. The quantitative estimate of drug-likeness (QED) is 0.603. The molecule has 0 spiro atoms. The number of hydrogen-bond donors (Lipinski definition) is 3. The van der Waals surface area contributed by atoms with Gasteiger partial charge < -0.3 is 25.8 Å². The van der Waals surface area contributed by atoms with Crippen LogP contribution < -0.4 is 11.1 Å². The van der Waals surface area contributed by atoms with E-state index >= 15 is 0 Å². The van der Waals surface area contributed by atoms with Crippen molar-refractivity contribution in [3.05, 3.63) is 28.8 Å². The summed E-state index contributed by atoms with van der Waals surface area (Å²) >= 11 is 6.13. The van der Waals surface area contributed by atoms with E-state index in [4.69, 9.17) is 27.2 Å². The molecule has 2 unspecified atom stereocenters. The molecule has 0 saturated carbocycles. The second kappa shape index (κ2) is 8.86. The van der Waals surface area contributed by atoms with Crippen LogP contribution in [0.15, 0.2) is 18.2 Å². The highest BCUT2D eigenvalue weighted by atomic mass is 35.5. The van der Waals surface area contributed by atoms with Gasteiger partial charge in [0.1, 0.15) is 18.2 Å². The number of anilines is 1. The highest BCUT2D eigenvalue weighted by Crippen LogP contribution is 2.26. The van der Waals surface area contributed by atoms with Crippen molar-refractivity contribution in [2.75, 3.05) is 26.0 Å². The number of hydrogen-bond acceptors (Lipinski definition) is 6. The molecule has 0 radical (unpaired) electrons. The molecule has 0 aliphatic carbocycles. The number of para-hydroxylation sites is 1. The molecule has 0 aliphatic heterocycles. The Morgan fingerprint density at radius 2 is 2.04 bits per heavy atom. The molecule has 0 bridgehead atoms. The number of ether oxygens (including phenoxy) is 1. The van der Waals surface area contributed by atoms with Gasteiger partial charge in [-0.25, -0.2) is 4.79 Å². The van der Waals surface area contributed by atoms with Crippen LogP contribution in [-0.4, -0.2) is 60.8 Å². The number of nitrogens with zero attached hydrogens (tertiary/aromatic N) is 1. The maximum atomic E-state index is 12.3. The Labute approximate surface area is 146 Å². The van der Waals surface area contributed by atoms with Crippen LogP contribution >= 0.6 is 11.6 Å². The summed E-state index contributed by atoms with van der Waals surface area (Å²) in [6, 6.07) is 3.37. The number of carbonyl (C=O) groups excluding carboxylic acids is 1. The van der Waals surface area contributed by atoms with Crippen molar-refractivity contribution in [2.24, 2.45) is 5.73 Å². The SMILES string of the molecule is Cc1cccc(Cl)c1N[C@@H](C)C(=O)OC(CN(C)C)C(N)C(=O)O. The molecule has 0 amide bonds. The number of halogens is 1. The summed E-state index contributed by atoms with van der Waals surface area (Å²) in [5.74, 6) is -1.82. The molecule has 0 aromatic heterocycles. The van der Waals surface area contributed by atoms with Gasteiger partial charge in [-0.1, -0.05) is 23.7 Å². The standard InChI is InChI=1S/C16H24ClN3O4/c1-9-6-5-7-11(17)14(9)19-10(2)16(23)24-12(8-20(3)4)13(18)15(21)22/h5-7,10,12-13,19H,8,18H2,1-4H3,(H,21,22)/t10-,12?,13?/m0/s1. The number of carbonyl (C=O) groups is 2. The number of rotatable bonds is 8. The lowest BCUT2D eigenvalue weighted by atomic mass is 10.1. The molecule has 1 aromatic rings. The third-order valence-corrected chi connectivity index (χ3v) is 3.75. The predicted molar refractivity (Wildman–Crippen MR) is 93.3 cm³/mol. The topological polar surface area (TPSA) is 105 Å². The van der Waals surface area contributed by atoms with E-state index in [1.54, 1.807) is 32.0 Å². The maximum absolute atomic E-state index is 12.3. The Hall–Kier alpha value is -1.83. The maximum Gasteiger partial charge on any atom is 0.328 e. The van der Waals surface area contributed by atoms with Gasteiger partial charge in [-0.05, 0) is 39.6 Å². The summed E-state index contributed by atoms with van der Waals surface area (Å²) in [6.45, 7) is 3.68. The summed E-state index contributed by atoms with van der Waals surface area (Å²) in [7, 11) is 3.48. The van der Waals surface area contributed by atoms with Gasteiger partial charge in [-0.2, -0.15) is 0 Å². The number of likely N-dealkylation sites (N-methyl/N-ethyl adjacent to an activating group) is 1. The van der Waals surface area contributed by atoms with E-state index in [1.807, 2.05) is 19.1 Å². The number of benzene rings is 1. The molecule has 7 nitrogen and oxygen atoms in total. The first kappa shape index (κ1) is 20.2. The van der Waals surface area contributed by atoms with Crippen molar-refractivity contribution in [3.63, 3.8) is 0 Å². The number of nitrogens with two attached hydrogens (primary N) is 1. The van der Waals surface area contributed by atoms with Gasteiger partial charge in [-0.3, -0.25) is 4.79 Å². The van der Waals surface area contributed by atoms with E-state index in [2.05, 4.69) is 5.32 Å². The zero-order chi connectivity index (χ0) is 18.4. The average Bonchev–Trinajstić information content (AvgIpc) is 2.48. The first-order valence-corrected chi connectivity index (χ1v) is 7.86. The molecule has 1 rings (SSSR count). The second-order valence-electron chi connectivity index (χ2n) is 5.90. The Kier molecular flexibility index (Phi) is 7.47. The molecular formula is C16H24ClN3O4. The van der Waals surface area contributed by atoms with Gasteiger partial charge in [-0.15, -0.1) is 0 Å². The van der Waals surface area contributed by atoms with Crippen molar-refractivity contribution in [1.29, 1.82) is 0 Å². The molecule has 4 N–H and O–H groups in total. The van der Waals surface area contributed by atoms with Crippen LogP contribution in [0, 0.1) is 6.92 Å². The number of nitrogens with one attached hydrogen (secondary N) is 1. The zero-order valence-electron chi connectivity index (χ0n) is 14.2. The van der Waals surface area contributed by atoms with Crippen molar-refractivity contribution < 1.29 is 19.4 Å². The van der Waals surface area contributed by atoms with E-state index in [0.29, 0.717) is 10.7 Å². The van der Waals surface area contributed by atoms with E-state index in [9.17, 15) is 9.59 Å². The normalized spacial score (nSPS) is 14.8. The van der Waals surface area contributed by atoms with E-state index in [0.717, 1.165) is 5.56 Å². The molecule has 134 valence electrons. The predicted octanol–water partition coefficient (Wildman–Crippen LogP) is 1.33. The Bertz CT molecular complexity index is 574. The fourth-order valence-corrected chi connectivity index (χ4v) is 2.36. The van der Waals surface area contributed by atoms with E-state index in [-0.39, 0.29) is 6.54 Å². The van der Waals surface area contributed by atoms with Gasteiger partial charge >= 0.3 is 11.9 Å². The largest absolute Gasteiger partial charge is 0.480 e. The summed E-state index contributed by atoms with van der Waals surface area (Å²) < 4.78 is 5.31. The first-order valence-electron chi connectivity index (χ1n) is 7.48. The van der Waals surface area contributed by atoms with Gasteiger partial charge in [0.2, 0.25) is 0 Å². The third kappa shape index (κ3) is 5.67. The molecular weight excluding hydrogens is 334 g/mol. The minimum Gasteiger partial charge on any atom is -0.480 e. The van der Waals surface area contributed by atoms with Crippen LogP contribution in [0.4, 0.5) is 5.69 Å². The van der Waals surface area contributed by atoms with Crippen molar-refractivity contribution in [2.45, 2.75) is 32.0 Å². The van der Waals surface area contributed by atoms with Gasteiger partial charge in [0.05, 0.1) is 10.7 Å². The Morgan fingerprint density at radius 3 is 2.54 bits per heavy atom. The highest BCUT2D eigenvalue weighted by Gasteiger charge is 2.30. The van der Waals surface area contributed by atoms with Crippen LogP contribution in [0.2, 0.25) is 5.02 Å². The second-order valence-corrected chi connectivity index (χ2v) is 6.31. The lowest BCUT2D eigenvalue weighted by Crippen LogP contribution is -2.50. The number of aryl methyl sites for hydroxylation is 1. The van der Waals surface area contributed by atoms with Gasteiger partial charge in [0, 0.05) is 6.54 Å². The van der Waals surface area contributed by atoms with Crippen molar-refractivity contribution in [1.82, 2.24) is 4.90 Å². The fraction of sp³-hybridized carbons (Fsp3) is 0.500. The molecule has 0 heterocycles. The van der Waals surface area contributed by atoms with Gasteiger partial charge in [0.25, 0.3) is 0 Å². The summed E-state index contributed by atoms with van der Waals surface area (Å²) in [5.41, 5.74) is 7.13.